The predicted octanol–water partition coefficient (Wildman–Crippen LogP) is 5.78. The van der Waals surface area contributed by atoms with Crippen molar-refractivity contribution in [3.8, 4) is 11.5 Å². The Morgan fingerprint density at radius 1 is 0.929 bits per heavy atom. The summed E-state index contributed by atoms with van der Waals surface area (Å²) in [6.07, 6.45) is 0.284. The van der Waals surface area contributed by atoms with Crippen LogP contribution in [0.3, 0.4) is 0 Å². The molecule has 3 aromatic carbocycles. The van der Waals surface area contributed by atoms with E-state index in [1.165, 1.54) is 0 Å². The Bertz CT molecular complexity index is 944. The molecule has 4 nitrogen and oxygen atoms in total. The van der Waals surface area contributed by atoms with Crippen LogP contribution in [0.1, 0.15) is 28.4 Å². The van der Waals surface area contributed by atoms with E-state index in [4.69, 9.17) is 21.1 Å². The van der Waals surface area contributed by atoms with E-state index in [1.54, 1.807) is 32.4 Å². The summed E-state index contributed by atoms with van der Waals surface area (Å²) in [7, 11) is 3.12. The Hall–Kier alpha value is -2.98. The molecule has 3 rings (SSSR count). The van der Waals surface area contributed by atoms with Gasteiger partial charge in [0.15, 0.2) is 17.3 Å². The zero-order valence-corrected chi connectivity index (χ0v) is 16.6. The van der Waals surface area contributed by atoms with E-state index in [0.717, 1.165) is 11.3 Å². The first-order chi connectivity index (χ1) is 13.6. The molecule has 0 aliphatic heterocycles. The Balaban J connectivity index is 1.86. The number of carbonyl (C=O) groups is 1. The lowest BCUT2D eigenvalue weighted by Gasteiger charge is -2.20. The zero-order chi connectivity index (χ0) is 19.9. The van der Waals surface area contributed by atoms with Gasteiger partial charge in [0.05, 0.1) is 20.3 Å². The van der Waals surface area contributed by atoms with E-state index < -0.39 is 0 Å². The molecule has 0 aliphatic rings. The van der Waals surface area contributed by atoms with Crippen molar-refractivity contribution in [2.45, 2.75) is 12.5 Å². The quantitative estimate of drug-likeness (QED) is 0.491. The minimum atomic E-state index is -0.194. The van der Waals surface area contributed by atoms with Crippen molar-refractivity contribution in [2.24, 2.45) is 0 Å². The average Bonchev–Trinajstić information content (AvgIpc) is 2.73. The lowest BCUT2D eigenvalue weighted by atomic mass is 9.97. The second-order valence-corrected chi connectivity index (χ2v) is 6.75. The molecule has 1 unspecified atom stereocenters. The van der Waals surface area contributed by atoms with Gasteiger partial charge in [-0.05, 0) is 42.0 Å². The first kappa shape index (κ1) is 19.8. The Morgan fingerprint density at radius 3 is 2.36 bits per heavy atom. The smallest absolute Gasteiger partial charge is 0.165 e. The molecule has 0 aliphatic carbocycles. The van der Waals surface area contributed by atoms with E-state index in [2.05, 4.69) is 5.32 Å². The number of halogens is 1. The van der Waals surface area contributed by atoms with Crippen LogP contribution in [0.2, 0.25) is 5.02 Å². The highest BCUT2D eigenvalue weighted by Gasteiger charge is 2.19. The average molecular weight is 396 g/mol. The first-order valence-electron chi connectivity index (χ1n) is 8.93. The standard InChI is InChI=1S/C23H22ClNO3/c1-27-22-12-11-17(13-23(22)28-2)21(26)15-20(16-7-4-3-5-8-16)25-19-10-6-9-18(24)14-19/h3-14,20,25H,15H2,1-2H3. The van der Waals surface area contributed by atoms with Crippen molar-refractivity contribution < 1.29 is 14.3 Å². The maximum Gasteiger partial charge on any atom is 0.165 e. The van der Waals surface area contributed by atoms with Gasteiger partial charge in [-0.1, -0.05) is 48.0 Å². The molecule has 0 heterocycles. The highest BCUT2D eigenvalue weighted by atomic mass is 35.5. The molecule has 5 heteroatoms. The van der Waals surface area contributed by atoms with Gasteiger partial charge in [0.25, 0.3) is 0 Å². The van der Waals surface area contributed by atoms with Crippen LogP contribution in [0.15, 0.2) is 72.8 Å². The van der Waals surface area contributed by atoms with Crippen molar-refractivity contribution in [1.82, 2.24) is 0 Å². The number of anilines is 1. The summed E-state index contributed by atoms with van der Waals surface area (Å²) in [6, 6.07) is 22.4. The summed E-state index contributed by atoms with van der Waals surface area (Å²) >= 11 is 6.11. The third kappa shape index (κ3) is 4.84. The van der Waals surface area contributed by atoms with Gasteiger partial charge in [-0.3, -0.25) is 4.79 Å². The maximum absolute atomic E-state index is 13.0. The number of nitrogens with one attached hydrogen (secondary N) is 1. The van der Waals surface area contributed by atoms with Crippen LogP contribution in [0.5, 0.6) is 11.5 Å². The molecule has 3 aromatic rings. The lowest BCUT2D eigenvalue weighted by Crippen LogP contribution is -2.16. The fourth-order valence-electron chi connectivity index (χ4n) is 3.03. The molecule has 0 radical (unpaired) electrons. The van der Waals surface area contributed by atoms with Crippen molar-refractivity contribution in [3.63, 3.8) is 0 Å². The number of hydrogen-bond acceptors (Lipinski definition) is 4. The van der Waals surface area contributed by atoms with Crippen molar-refractivity contribution >= 4 is 23.1 Å². The third-order valence-electron chi connectivity index (χ3n) is 4.46. The van der Waals surface area contributed by atoms with Crippen LogP contribution >= 0.6 is 11.6 Å². The molecular weight excluding hydrogens is 374 g/mol. The maximum atomic E-state index is 13.0. The third-order valence-corrected chi connectivity index (χ3v) is 4.70. The van der Waals surface area contributed by atoms with Crippen LogP contribution in [0.25, 0.3) is 0 Å². The van der Waals surface area contributed by atoms with Gasteiger partial charge >= 0.3 is 0 Å². The van der Waals surface area contributed by atoms with Gasteiger partial charge in [-0.25, -0.2) is 0 Å². The summed E-state index contributed by atoms with van der Waals surface area (Å²) in [5.41, 5.74) is 2.46. The molecule has 0 saturated carbocycles. The molecule has 0 amide bonds. The fraction of sp³-hybridized carbons (Fsp3) is 0.174. The van der Waals surface area contributed by atoms with E-state index in [1.807, 2.05) is 54.6 Å². The van der Waals surface area contributed by atoms with Crippen LogP contribution in [0, 0.1) is 0 Å². The number of ketones is 1. The largest absolute Gasteiger partial charge is 0.493 e. The van der Waals surface area contributed by atoms with Crippen LogP contribution < -0.4 is 14.8 Å². The normalized spacial score (nSPS) is 11.5. The molecule has 0 aromatic heterocycles. The number of hydrogen-bond donors (Lipinski definition) is 1. The van der Waals surface area contributed by atoms with E-state index in [-0.39, 0.29) is 18.2 Å². The summed E-state index contributed by atoms with van der Waals surface area (Å²) in [5.74, 6) is 1.13. The summed E-state index contributed by atoms with van der Waals surface area (Å²) in [5, 5.41) is 4.07. The second kappa shape index (κ2) is 9.29. The van der Waals surface area contributed by atoms with Gasteiger partial charge in [0.2, 0.25) is 0 Å². The molecule has 144 valence electrons. The van der Waals surface area contributed by atoms with Crippen molar-refractivity contribution in [1.29, 1.82) is 0 Å². The monoisotopic (exact) mass is 395 g/mol. The molecular formula is C23H22ClNO3. The minimum Gasteiger partial charge on any atom is -0.493 e. The van der Waals surface area contributed by atoms with Gasteiger partial charge in [0, 0.05) is 22.7 Å². The lowest BCUT2D eigenvalue weighted by molar-refractivity contribution is 0.0976. The minimum absolute atomic E-state index is 0.00401. The van der Waals surface area contributed by atoms with E-state index in [9.17, 15) is 4.79 Å². The number of ether oxygens (including phenoxy) is 2. The van der Waals surface area contributed by atoms with Crippen LogP contribution in [0.4, 0.5) is 5.69 Å². The van der Waals surface area contributed by atoms with Crippen molar-refractivity contribution in [3.05, 3.63) is 88.9 Å². The summed E-state index contributed by atoms with van der Waals surface area (Å²) in [6.45, 7) is 0. The highest BCUT2D eigenvalue weighted by Crippen LogP contribution is 2.30. The Kier molecular flexibility index (Phi) is 6.56. The Labute approximate surface area is 170 Å². The Morgan fingerprint density at radius 2 is 1.68 bits per heavy atom. The molecule has 1 atom stereocenters. The molecule has 28 heavy (non-hydrogen) atoms. The number of Topliss-reactive ketones (excluding diaryl/α,β-unsaturated/α-hetero) is 1. The molecule has 0 saturated heterocycles. The molecule has 0 spiro atoms. The number of carbonyl (C=O) groups excluding carboxylic acids is 1. The van der Waals surface area contributed by atoms with Crippen LogP contribution in [-0.4, -0.2) is 20.0 Å². The van der Waals surface area contributed by atoms with E-state index in [0.29, 0.717) is 22.1 Å². The predicted molar refractivity (Wildman–Crippen MR) is 113 cm³/mol. The number of benzene rings is 3. The topological polar surface area (TPSA) is 47.6 Å². The van der Waals surface area contributed by atoms with Crippen molar-refractivity contribution in [2.75, 3.05) is 19.5 Å². The first-order valence-corrected chi connectivity index (χ1v) is 9.31. The van der Waals surface area contributed by atoms with Gasteiger partial charge in [-0.2, -0.15) is 0 Å². The molecule has 1 N–H and O–H groups in total. The summed E-state index contributed by atoms with van der Waals surface area (Å²) in [4.78, 5) is 13.0. The summed E-state index contributed by atoms with van der Waals surface area (Å²) < 4.78 is 10.6. The van der Waals surface area contributed by atoms with Gasteiger partial charge in [-0.15, -0.1) is 0 Å². The fourth-order valence-corrected chi connectivity index (χ4v) is 3.22. The number of rotatable bonds is 8. The SMILES string of the molecule is COc1ccc(C(=O)CC(Nc2cccc(Cl)c2)c2ccccc2)cc1OC. The second-order valence-electron chi connectivity index (χ2n) is 6.32. The molecule has 0 bridgehead atoms. The van der Waals surface area contributed by atoms with Gasteiger partial charge in [0.1, 0.15) is 0 Å². The van der Waals surface area contributed by atoms with Crippen LogP contribution in [-0.2, 0) is 0 Å². The van der Waals surface area contributed by atoms with E-state index >= 15 is 0 Å². The number of methoxy groups -OCH3 is 2. The highest BCUT2D eigenvalue weighted by molar-refractivity contribution is 6.30. The van der Waals surface area contributed by atoms with Gasteiger partial charge < -0.3 is 14.8 Å². The molecule has 0 fully saturated rings. The zero-order valence-electron chi connectivity index (χ0n) is 15.8.